The van der Waals surface area contributed by atoms with Gasteiger partial charge in [-0.15, -0.1) is 0 Å². The summed E-state index contributed by atoms with van der Waals surface area (Å²) < 4.78 is 2.34. The number of fused-ring (bicyclic) bond motifs is 1. The maximum absolute atomic E-state index is 12.8. The Morgan fingerprint density at radius 2 is 1.79 bits per heavy atom. The van der Waals surface area contributed by atoms with Gasteiger partial charge in [0.1, 0.15) is 0 Å². The van der Waals surface area contributed by atoms with Gasteiger partial charge in [-0.05, 0) is 95.2 Å². The van der Waals surface area contributed by atoms with Gasteiger partial charge in [-0.1, -0.05) is 6.07 Å². The zero-order chi connectivity index (χ0) is 24.6. The van der Waals surface area contributed by atoms with Crippen LogP contribution in [0.4, 0.5) is 0 Å². The quantitative estimate of drug-likeness (QED) is 0.394. The zero-order valence-corrected chi connectivity index (χ0v) is 21.5. The molecule has 0 amide bonds. The van der Waals surface area contributed by atoms with E-state index in [0.717, 1.165) is 46.6 Å². The van der Waals surface area contributed by atoms with Crippen LogP contribution in [-0.4, -0.2) is 40.1 Å². The van der Waals surface area contributed by atoms with E-state index in [9.17, 15) is 4.79 Å². The van der Waals surface area contributed by atoms with Crippen LogP contribution in [0.2, 0.25) is 0 Å². The monoisotopic (exact) mass is 456 g/mol. The topological polar surface area (TPSA) is 53.9 Å². The van der Waals surface area contributed by atoms with Crippen molar-refractivity contribution in [3.8, 4) is 11.1 Å². The predicted molar refractivity (Wildman–Crippen MR) is 142 cm³/mol. The smallest absolute Gasteiger partial charge is 0.251 e. The van der Waals surface area contributed by atoms with Crippen molar-refractivity contribution in [3.63, 3.8) is 0 Å². The van der Waals surface area contributed by atoms with Gasteiger partial charge in [0.2, 0.25) is 0 Å². The Kier molecular flexibility index (Phi) is 6.76. The maximum Gasteiger partial charge on any atom is 0.251 e. The zero-order valence-electron chi connectivity index (χ0n) is 21.5. The highest BCUT2D eigenvalue weighted by molar-refractivity contribution is 5.91. The summed E-state index contributed by atoms with van der Waals surface area (Å²) in [6.07, 6.45) is 5.75. The van der Waals surface area contributed by atoms with E-state index in [1.165, 1.54) is 22.0 Å². The van der Waals surface area contributed by atoms with Crippen LogP contribution in [-0.2, 0) is 12.8 Å². The van der Waals surface area contributed by atoms with Crippen LogP contribution in [0, 0.1) is 20.8 Å². The minimum Gasteiger partial charge on any atom is -0.345 e. The van der Waals surface area contributed by atoms with Crippen molar-refractivity contribution >= 4 is 10.9 Å². The molecule has 4 rings (SSSR count). The lowest BCUT2D eigenvalue weighted by atomic mass is 9.94. The minimum atomic E-state index is 0.00362. The van der Waals surface area contributed by atoms with Crippen molar-refractivity contribution in [2.24, 2.45) is 0 Å². The Hall–Kier alpha value is -3.18. The summed E-state index contributed by atoms with van der Waals surface area (Å²) in [6.45, 7) is 11.5. The molecule has 1 N–H and O–H groups in total. The molecule has 0 aliphatic rings. The van der Waals surface area contributed by atoms with E-state index in [2.05, 4.69) is 85.8 Å². The molecule has 34 heavy (non-hydrogen) atoms. The summed E-state index contributed by atoms with van der Waals surface area (Å²) in [7, 11) is 4.16. The fourth-order valence-electron chi connectivity index (χ4n) is 4.79. The standard InChI is InChI=1S/C29H36N4O/c1-18(2)33-17-20(4)28-24(14-26-19(3)12-21(5)31-29(26)34)13-23(15-27(28)33)22-8-9-25(30-16-22)10-11-32(6)7/h8-9,12-13,15-18H,10-11,14H2,1-7H3,(H,31,34). The number of benzene rings is 1. The molecule has 3 heterocycles. The van der Waals surface area contributed by atoms with Gasteiger partial charge in [-0.2, -0.15) is 0 Å². The molecule has 5 nitrogen and oxygen atoms in total. The molecule has 3 aromatic heterocycles. The SMILES string of the molecule is Cc1cc(C)c(Cc2cc(-c3ccc(CCN(C)C)nc3)cc3c2c(C)cn3C(C)C)c(=O)[nH]1. The van der Waals surface area contributed by atoms with Crippen LogP contribution in [0.15, 0.2) is 47.5 Å². The molecule has 0 aliphatic carbocycles. The molecule has 1 aromatic carbocycles. The number of pyridine rings is 2. The fraction of sp³-hybridized carbons (Fsp3) is 0.379. The first-order valence-corrected chi connectivity index (χ1v) is 12.1. The van der Waals surface area contributed by atoms with E-state index >= 15 is 0 Å². The Morgan fingerprint density at radius 3 is 2.41 bits per heavy atom. The van der Waals surface area contributed by atoms with Crippen molar-refractivity contribution < 1.29 is 0 Å². The summed E-state index contributed by atoms with van der Waals surface area (Å²) in [6, 6.07) is 11.2. The largest absolute Gasteiger partial charge is 0.345 e. The summed E-state index contributed by atoms with van der Waals surface area (Å²) in [5.41, 5.74) is 9.72. The van der Waals surface area contributed by atoms with E-state index in [4.69, 9.17) is 4.98 Å². The first-order chi connectivity index (χ1) is 16.1. The van der Waals surface area contributed by atoms with Crippen molar-refractivity contribution in [2.75, 3.05) is 20.6 Å². The van der Waals surface area contributed by atoms with Crippen molar-refractivity contribution in [1.29, 1.82) is 0 Å². The molecule has 0 unspecified atom stereocenters. The third kappa shape index (κ3) is 4.85. The Balaban J connectivity index is 1.84. The molecule has 178 valence electrons. The third-order valence-electron chi connectivity index (χ3n) is 6.60. The highest BCUT2D eigenvalue weighted by atomic mass is 16.1. The second kappa shape index (κ2) is 9.59. The van der Waals surface area contributed by atoms with Crippen LogP contribution in [0.5, 0.6) is 0 Å². The molecule has 0 fully saturated rings. The lowest BCUT2D eigenvalue weighted by molar-refractivity contribution is 0.412. The van der Waals surface area contributed by atoms with E-state index in [-0.39, 0.29) is 5.56 Å². The summed E-state index contributed by atoms with van der Waals surface area (Å²) in [5, 5.41) is 1.24. The molecule has 0 bridgehead atoms. The minimum absolute atomic E-state index is 0.00362. The van der Waals surface area contributed by atoms with Crippen LogP contribution in [0.25, 0.3) is 22.0 Å². The summed E-state index contributed by atoms with van der Waals surface area (Å²) in [4.78, 5) is 22.7. The molecule has 5 heteroatoms. The second-order valence-electron chi connectivity index (χ2n) is 10.1. The number of rotatable bonds is 7. The van der Waals surface area contributed by atoms with Crippen molar-refractivity contribution in [1.82, 2.24) is 19.4 Å². The van der Waals surface area contributed by atoms with Gasteiger partial charge in [-0.25, -0.2) is 0 Å². The van der Waals surface area contributed by atoms with Crippen molar-refractivity contribution in [2.45, 2.75) is 53.5 Å². The van der Waals surface area contributed by atoms with Crippen LogP contribution in [0.1, 0.15) is 53.5 Å². The lowest BCUT2D eigenvalue weighted by Crippen LogP contribution is -2.16. The van der Waals surface area contributed by atoms with Gasteiger partial charge >= 0.3 is 0 Å². The van der Waals surface area contributed by atoms with E-state index in [0.29, 0.717) is 12.5 Å². The first-order valence-electron chi connectivity index (χ1n) is 12.1. The number of hydrogen-bond donors (Lipinski definition) is 1. The Morgan fingerprint density at radius 1 is 1.03 bits per heavy atom. The van der Waals surface area contributed by atoms with E-state index < -0.39 is 0 Å². The number of nitrogens with one attached hydrogen (secondary N) is 1. The van der Waals surface area contributed by atoms with Gasteiger partial charge < -0.3 is 14.5 Å². The molecule has 0 saturated heterocycles. The number of nitrogens with zero attached hydrogens (tertiary/aromatic N) is 3. The van der Waals surface area contributed by atoms with Gasteiger partial charge in [-0.3, -0.25) is 9.78 Å². The Bertz CT molecular complexity index is 1370. The average molecular weight is 457 g/mol. The third-order valence-corrected chi connectivity index (χ3v) is 6.60. The molecule has 0 radical (unpaired) electrons. The number of H-pyrrole nitrogens is 1. The number of hydrogen-bond acceptors (Lipinski definition) is 3. The molecular formula is C29H36N4O. The number of likely N-dealkylation sites (N-methyl/N-ethyl adjacent to an activating group) is 1. The number of aromatic amines is 1. The normalized spacial score (nSPS) is 11.8. The van der Waals surface area contributed by atoms with Crippen LogP contribution in [0.3, 0.4) is 0 Å². The van der Waals surface area contributed by atoms with Crippen molar-refractivity contribution in [3.05, 3.63) is 86.7 Å². The highest BCUT2D eigenvalue weighted by Crippen LogP contribution is 2.34. The number of aromatic nitrogens is 3. The highest BCUT2D eigenvalue weighted by Gasteiger charge is 2.17. The lowest BCUT2D eigenvalue weighted by Gasteiger charge is -2.14. The van der Waals surface area contributed by atoms with Crippen LogP contribution < -0.4 is 5.56 Å². The van der Waals surface area contributed by atoms with E-state index in [1.54, 1.807) is 0 Å². The Labute approximate surface area is 202 Å². The number of aryl methyl sites for hydroxylation is 3. The van der Waals surface area contributed by atoms with Gasteiger partial charge in [0, 0.05) is 71.2 Å². The fourth-order valence-corrected chi connectivity index (χ4v) is 4.79. The molecule has 0 aliphatic heterocycles. The van der Waals surface area contributed by atoms with Gasteiger partial charge in [0.15, 0.2) is 0 Å². The molecule has 0 saturated carbocycles. The summed E-state index contributed by atoms with van der Waals surface area (Å²) in [5.74, 6) is 0. The first kappa shape index (κ1) is 24.0. The maximum atomic E-state index is 12.8. The predicted octanol–water partition coefficient (Wildman–Crippen LogP) is 5.59. The van der Waals surface area contributed by atoms with Gasteiger partial charge in [0.05, 0.1) is 0 Å². The molecule has 0 spiro atoms. The van der Waals surface area contributed by atoms with Crippen LogP contribution >= 0.6 is 0 Å². The molecule has 0 atom stereocenters. The average Bonchev–Trinajstić information content (AvgIpc) is 3.12. The van der Waals surface area contributed by atoms with E-state index in [1.807, 2.05) is 20.0 Å². The molecular weight excluding hydrogens is 420 g/mol. The molecule has 4 aromatic rings. The van der Waals surface area contributed by atoms with Gasteiger partial charge in [0.25, 0.3) is 5.56 Å². The summed E-state index contributed by atoms with van der Waals surface area (Å²) >= 11 is 0. The second-order valence-corrected chi connectivity index (χ2v) is 10.1.